The molecule has 2 N–H and O–H groups in total. The number of amides is 1. The molecule has 1 amide bonds. The number of ether oxygens (including phenoxy) is 1. The highest BCUT2D eigenvalue weighted by molar-refractivity contribution is 5.96. The summed E-state index contributed by atoms with van der Waals surface area (Å²) in [6.07, 6.45) is 1.46. The molecule has 0 unspecified atom stereocenters. The standard InChI is InChI=1S/C15H18N2O6/c1-8-12(17(21)22)6-10(7-13(8)23-2)14(18)16-11-4-3-9(5-11)15(19)20/h6-7,9,11H,3-5H2,1-2H3,(H,16,18)(H,19,20)/t9-,11+/m0/s1. The van der Waals surface area contributed by atoms with E-state index in [1.807, 2.05) is 0 Å². The first kappa shape index (κ1) is 16.7. The van der Waals surface area contributed by atoms with Gasteiger partial charge in [0, 0.05) is 17.7 Å². The van der Waals surface area contributed by atoms with E-state index >= 15 is 0 Å². The van der Waals surface area contributed by atoms with Crippen LogP contribution in [0.4, 0.5) is 5.69 Å². The monoisotopic (exact) mass is 322 g/mol. The molecule has 0 aromatic heterocycles. The zero-order chi connectivity index (χ0) is 17.1. The van der Waals surface area contributed by atoms with Crippen molar-refractivity contribution in [1.82, 2.24) is 5.32 Å². The lowest BCUT2D eigenvalue weighted by Gasteiger charge is -2.14. The number of benzene rings is 1. The lowest BCUT2D eigenvalue weighted by molar-refractivity contribution is -0.385. The van der Waals surface area contributed by atoms with Gasteiger partial charge < -0.3 is 15.2 Å². The number of aliphatic carboxylic acids is 1. The van der Waals surface area contributed by atoms with Gasteiger partial charge in [-0.15, -0.1) is 0 Å². The van der Waals surface area contributed by atoms with Crippen LogP contribution in [0.3, 0.4) is 0 Å². The van der Waals surface area contributed by atoms with E-state index in [1.165, 1.54) is 19.2 Å². The molecule has 1 saturated carbocycles. The van der Waals surface area contributed by atoms with Crippen LogP contribution in [0.15, 0.2) is 12.1 Å². The van der Waals surface area contributed by atoms with E-state index in [2.05, 4.69) is 5.32 Å². The number of nitro benzene ring substituents is 1. The highest BCUT2D eigenvalue weighted by Crippen LogP contribution is 2.30. The van der Waals surface area contributed by atoms with E-state index < -0.39 is 22.7 Å². The predicted octanol–water partition coefficient (Wildman–Crippen LogP) is 1.89. The molecule has 0 bridgehead atoms. The van der Waals surface area contributed by atoms with Crippen molar-refractivity contribution in [2.75, 3.05) is 7.11 Å². The lowest BCUT2D eigenvalue weighted by atomic mass is 10.1. The van der Waals surface area contributed by atoms with Crippen LogP contribution in [0.25, 0.3) is 0 Å². The zero-order valence-electron chi connectivity index (χ0n) is 12.9. The van der Waals surface area contributed by atoms with Crippen molar-refractivity contribution < 1.29 is 24.4 Å². The highest BCUT2D eigenvalue weighted by atomic mass is 16.6. The van der Waals surface area contributed by atoms with Gasteiger partial charge in [0.05, 0.1) is 23.5 Å². The number of hydrogen-bond donors (Lipinski definition) is 2. The molecule has 2 rings (SSSR count). The third-order valence-electron chi connectivity index (χ3n) is 4.13. The van der Waals surface area contributed by atoms with Gasteiger partial charge in [0.1, 0.15) is 5.75 Å². The van der Waals surface area contributed by atoms with Gasteiger partial charge in [0.2, 0.25) is 0 Å². The van der Waals surface area contributed by atoms with E-state index in [1.54, 1.807) is 6.92 Å². The molecule has 8 heteroatoms. The quantitative estimate of drug-likeness (QED) is 0.631. The van der Waals surface area contributed by atoms with Crippen molar-refractivity contribution >= 4 is 17.6 Å². The van der Waals surface area contributed by atoms with Crippen molar-refractivity contribution in [3.63, 3.8) is 0 Å². The minimum atomic E-state index is -0.866. The second-order valence-electron chi connectivity index (χ2n) is 5.60. The Morgan fingerprint density at radius 3 is 2.61 bits per heavy atom. The third kappa shape index (κ3) is 3.58. The molecule has 0 radical (unpaired) electrons. The molecule has 1 aliphatic carbocycles. The minimum Gasteiger partial charge on any atom is -0.496 e. The summed E-state index contributed by atoms with van der Waals surface area (Å²) in [5, 5.41) is 22.8. The van der Waals surface area contributed by atoms with Gasteiger partial charge in [0.25, 0.3) is 11.6 Å². The van der Waals surface area contributed by atoms with Gasteiger partial charge in [-0.1, -0.05) is 0 Å². The number of nitrogens with one attached hydrogen (secondary N) is 1. The third-order valence-corrected chi connectivity index (χ3v) is 4.13. The van der Waals surface area contributed by atoms with Crippen molar-refractivity contribution in [3.8, 4) is 5.75 Å². The first-order valence-corrected chi connectivity index (χ1v) is 7.20. The minimum absolute atomic E-state index is 0.123. The smallest absolute Gasteiger partial charge is 0.306 e. The molecule has 0 saturated heterocycles. The van der Waals surface area contributed by atoms with Crippen molar-refractivity contribution in [3.05, 3.63) is 33.4 Å². The van der Waals surface area contributed by atoms with Crippen LogP contribution in [0.1, 0.15) is 35.2 Å². The SMILES string of the molecule is COc1cc(C(=O)N[C@@H]2CC[C@H](C(=O)O)C2)cc([N+](=O)[O-])c1C. The van der Waals surface area contributed by atoms with Gasteiger partial charge in [-0.2, -0.15) is 0 Å². The van der Waals surface area contributed by atoms with Gasteiger partial charge in [-0.3, -0.25) is 19.7 Å². The number of carbonyl (C=O) groups excluding carboxylic acids is 1. The van der Waals surface area contributed by atoms with Crippen LogP contribution in [0.5, 0.6) is 5.75 Å². The number of rotatable bonds is 5. The number of carboxylic acids is 1. The van der Waals surface area contributed by atoms with Crippen LogP contribution in [0.2, 0.25) is 0 Å². The van der Waals surface area contributed by atoms with Crippen LogP contribution < -0.4 is 10.1 Å². The molecule has 1 aromatic carbocycles. The fourth-order valence-corrected chi connectivity index (χ4v) is 2.81. The number of methoxy groups -OCH3 is 1. The lowest BCUT2D eigenvalue weighted by Crippen LogP contribution is -2.33. The molecule has 23 heavy (non-hydrogen) atoms. The van der Waals surface area contributed by atoms with E-state index in [-0.39, 0.29) is 23.0 Å². The first-order valence-electron chi connectivity index (χ1n) is 7.20. The molecule has 2 atom stereocenters. The summed E-state index contributed by atoms with van der Waals surface area (Å²) in [6, 6.07) is 2.41. The van der Waals surface area contributed by atoms with Gasteiger partial charge in [0.15, 0.2) is 0 Å². The first-order chi connectivity index (χ1) is 10.8. The Kier molecular flexibility index (Phi) is 4.83. The van der Waals surface area contributed by atoms with Crippen molar-refractivity contribution in [1.29, 1.82) is 0 Å². The van der Waals surface area contributed by atoms with Crippen LogP contribution in [-0.2, 0) is 4.79 Å². The summed E-state index contributed by atoms with van der Waals surface area (Å²) >= 11 is 0. The van der Waals surface area contributed by atoms with Gasteiger partial charge >= 0.3 is 5.97 Å². The Labute approximate surface area is 132 Å². The van der Waals surface area contributed by atoms with Gasteiger partial charge in [-0.25, -0.2) is 0 Å². The molecule has 0 spiro atoms. The van der Waals surface area contributed by atoms with E-state index in [0.717, 1.165) is 0 Å². The molecule has 8 nitrogen and oxygen atoms in total. The fourth-order valence-electron chi connectivity index (χ4n) is 2.81. The molecule has 1 aromatic rings. The summed E-state index contributed by atoms with van der Waals surface area (Å²) in [5.41, 5.74) is 0.281. The summed E-state index contributed by atoms with van der Waals surface area (Å²) in [4.78, 5) is 33.7. The van der Waals surface area contributed by atoms with Crippen LogP contribution in [-0.4, -0.2) is 35.1 Å². The summed E-state index contributed by atoms with van der Waals surface area (Å²) in [5.74, 6) is -1.53. The Morgan fingerprint density at radius 2 is 2.09 bits per heavy atom. The maximum absolute atomic E-state index is 12.3. The van der Waals surface area contributed by atoms with Crippen LogP contribution >= 0.6 is 0 Å². The number of nitrogens with zero attached hydrogens (tertiary/aromatic N) is 1. The number of carboxylic acid groups (broad SMARTS) is 1. The molecule has 124 valence electrons. The second kappa shape index (κ2) is 6.64. The number of nitro groups is 1. The highest BCUT2D eigenvalue weighted by Gasteiger charge is 2.31. The van der Waals surface area contributed by atoms with E-state index in [4.69, 9.17) is 9.84 Å². The van der Waals surface area contributed by atoms with Crippen molar-refractivity contribution in [2.24, 2.45) is 5.92 Å². The maximum atomic E-state index is 12.3. The molecule has 1 fully saturated rings. The average molecular weight is 322 g/mol. The molecule has 0 aliphatic heterocycles. The largest absolute Gasteiger partial charge is 0.496 e. The molecular weight excluding hydrogens is 304 g/mol. The Morgan fingerprint density at radius 1 is 1.39 bits per heavy atom. The van der Waals surface area contributed by atoms with Crippen LogP contribution in [0, 0.1) is 23.0 Å². The average Bonchev–Trinajstić information content (AvgIpc) is 2.95. The predicted molar refractivity (Wildman–Crippen MR) is 80.6 cm³/mol. The molecule has 1 aliphatic rings. The summed E-state index contributed by atoms with van der Waals surface area (Å²) in [7, 11) is 1.38. The number of hydrogen-bond acceptors (Lipinski definition) is 5. The second-order valence-corrected chi connectivity index (χ2v) is 5.60. The Hall–Kier alpha value is -2.64. The number of carbonyl (C=O) groups is 2. The maximum Gasteiger partial charge on any atom is 0.306 e. The molecular formula is C15H18N2O6. The van der Waals surface area contributed by atoms with Crippen molar-refractivity contribution in [2.45, 2.75) is 32.2 Å². The molecule has 0 heterocycles. The Bertz CT molecular complexity index is 658. The summed E-state index contributed by atoms with van der Waals surface area (Å²) in [6.45, 7) is 1.55. The fraction of sp³-hybridized carbons (Fsp3) is 0.467. The Balaban J connectivity index is 2.18. The van der Waals surface area contributed by atoms with E-state index in [9.17, 15) is 19.7 Å². The van der Waals surface area contributed by atoms with E-state index in [0.29, 0.717) is 24.8 Å². The topological polar surface area (TPSA) is 119 Å². The zero-order valence-corrected chi connectivity index (χ0v) is 12.9. The van der Waals surface area contributed by atoms with Gasteiger partial charge in [-0.05, 0) is 32.3 Å². The summed E-state index contributed by atoms with van der Waals surface area (Å²) < 4.78 is 5.08. The normalized spacial score (nSPS) is 20.1.